The minimum absolute atomic E-state index is 0.131. The van der Waals surface area contributed by atoms with E-state index in [0.29, 0.717) is 23.0 Å². The monoisotopic (exact) mass is 469 g/mol. The predicted molar refractivity (Wildman–Crippen MR) is 114 cm³/mol. The highest BCUT2D eigenvalue weighted by molar-refractivity contribution is 5.99. The van der Waals surface area contributed by atoms with Gasteiger partial charge >= 0.3 is 6.18 Å². The van der Waals surface area contributed by atoms with Gasteiger partial charge in [0.05, 0.1) is 28.3 Å². The lowest BCUT2D eigenvalue weighted by molar-refractivity contribution is -0.138. The number of halogens is 4. The smallest absolute Gasteiger partial charge is 0.338 e. The number of nitriles is 1. The summed E-state index contributed by atoms with van der Waals surface area (Å²) in [5, 5.41) is 9.85. The van der Waals surface area contributed by atoms with Gasteiger partial charge in [-0.25, -0.2) is 14.4 Å². The number of carbonyl (C=O) groups excluding carboxylic acids is 1. The van der Waals surface area contributed by atoms with Crippen molar-refractivity contribution in [1.82, 2.24) is 19.9 Å². The lowest BCUT2D eigenvalue weighted by atomic mass is 9.74. The minimum Gasteiger partial charge on any atom is -0.338 e. The van der Waals surface area contributed by atoms with Gasteiger partial charge in [0.15, 0.2) is 0 Å². The van der Waals surface area contributed by atoms with E-state index in [0.717, 1.165) is 12.1 Å². The molecule has 1 aliphatic heterocycles. The van der Waals surface area contributed by atoms with Crippen molar-refractivity contribution in [2.75, 3.05) is 13.1 Å². The van der Waals surface area contributed by atoms with E-state index >= 15 is 0 Å². The number of carbonyl (C=O) groups is 1. The standard InChI is InChI=1S/C24H19F4N5O/c25-17-4-3-16(19(12-17)24(26,27)28)13-23(14-29)6-10-33(11-7-23)22(34)18-2-1-8-31-21(18)20-5-9-30-15-32-20/h1-5,8-9,12,15H,6-7,10-11,13H2. The SMILES string of the molecule is N#CC1(Cc2ccc(F)cc2C(F)(F)F)CCN(C(=O)c2cccnc2-c2ccncn2)CC1. The van der Waals surface area contributed by atoms with E-state index in [4.69, 9.17) is 0 Å². The molecule has 0 unspecified atom stereocenters. The average molecular weight is 469 g/mol. The third kappa shape index (κ3) is 4.73. The van der Waals surface area contributed by atoms with Gasteiger partial charge in [0.25, 0.3) is 5.91 Å². The van der Waals surface area contributed by atoms with Gasteiger partial charge in [0.2, 0.25) is 0 Å². The molecule has 10 heteroatoms. The van der Waals surface area contributed by atoms with Gasteiger partial charge < -0.3 is 4.90 Å². The zero-order valence-electron chi connectivity index (χ0n) is 17.9. The highest BCUT2D eigenvalue weighted by atomic mass is 19.4. The first kappa shape index (κ1) is 23.3. The van der Waals surface area contributed by atoms with Crippen molar-refractivity contribution in [3.63, 3.8) is 0 Å². The number of rotatable bonds is 4. The zero-order chi connectivity index (χ0) is 24.3. The van der Waals surface area contributed by atoms with E-state index in [1.165, 1.54) is 12.5 Å². The second kappa shape index (κ2) is 9.17. The molecule has 3 heterocycles. The van der Waals surface area contributed by atoms with Crippen LogP contribution in [-0.2, 0) is 12.6 Å². The van der Waals surface area contributed by atoms with Crippen molar-refractivity contribution >= 4 is 5.91 Å². The van der Waals surface area contributed by atoms with E-state index in [9.17, 15) is 27.6 Å². The maximum Gasteiger partial charge on any atom is 0.416 e. The Labute approximate surface area is 192 Å². The molecular formula is C24H19F4N5O. The molecule has 2 aromatic heterocycles. The molecule has 0 atom stereocenters. The molecule has 0 saturated carbocycles. The summed E-state index contributed by atoms with van der Waals surface area (Å²) in [4.78, 5) is 27.1. The molecule has 1 aliphatic rings. The van der Waals surface area contributed by atoms with Crippen molar-refractivity contribution in [1.29, 1.82) is 5.26 Å². The van der Waals surface area contributed by atoms with Crippen LogP contribution in [0.25, 0.3) is 11.4 Å². The van der Waals surface area contributed by atoms with Gasteiger partial charge in [-0.2, -0.15) is 18.4 Å². The Kier molecular flexibility index (Phi) is 6.28. The summed E-state index contributed by atoms with van der Waals surface area (Å²) in [5.41, 5.74) is -1.09. The molecule has 0 N–H and O–H groups in total. The molecule has 3 aromatic rings. The first-order valence-electron chi connectivity index (χ1n) is 10.5. The summed E-state index contributed by atoms with van der Waals surface area (Å²) in [6.07, 6.45) is -0.0997. The Balaban J connectivity index is 1.54. The second-order valence-electron chi connectivity index (χ2n) is 8.15. The summed E-state index contributed by atoms with van der Waals surface area (Å²) >= 11 is 0. The van der Waals surface area contributed by atoms with Crippen molar-refractivity contribution < 1.29 is 22.4 Å². The molecule has 4 rings (SSSR count). The number of piperidine rings is 1. The topological polar surface area (TPSA) is 82.8 Å². The molecule has 1 amide bonds. The third-order valence-corrected chi connectivity index (χ3v) is 6.01. The van der Waals surface area contributed by atoms with Gasteiger partial charge in [-0.05, 0) is 55.2 Å². The normalized spacial score (nSPS) is 15.6. The van der Waals surface area contributed by atoms with Gasteiger partial charge in [0.1, 0.15) is 17.8 Å². The average Bonchev–Trinajstić information content (AvgIpc) is 2.85. The number of aromatic nitrogens is 3. The maximum absolute atomic E-state index is 13.5. The molecule has 0 spiro atoms. The quantitative estimate of drug-likeness (QED) is 0.518. The summed E-state index contributed by atoms with van der Waals surface area (Å²) < 4.78 is 53.7. The predicted octanol–water partition coefficient (Wildman–Crippen LogP) is 4.69. The molecular weight excluding hydrogens is 450 g/mol. The fourth-order valence-electron chi connectivity index (χ4n) is 4.18. The van der Waals surface area contributed by atoms with E-state index in [-0.39, 0.29) is 43.8 Å². The number of benzene rings is 1. The molecule has 0 bridgehead atoms. The third-order valence-electron chi connectivity index (χ3n) is 6.01. The Morgan fingerprint density at radius 3 is 2.53 bits per heavy atom. The van der Waals surface area contributed by atoms with E-state index in [1.807, 2.05) is 0 Å². The summed E-state index contributed by atoms with van der Waals surface area (Å²) in [6, 6.07) is 9.57. The first-order valence-corrected chi connectivity index (χ1v) is 10.5. The highest BCUT2D eigenvalue weighted by Gasteiger charge is 2.40. The van der Waals surface area contributed by atoms with Crippen LogP contribution in [0.15, 0.2) is 55.1 Å². The number of amides is 1. The van der Waals surface area contributed by atoms with Crippen LogP contribution in [0.1, 0.15) is 34.3 Å². The van der Waals surface area contributed by atoms with Crippen molar-refractivity contribution in [3.8, 4) is 17.5 Å². The number of hydrogen-bond acceptors (Lipinski definition) is 5. The maximum atomic E-state index is 13.5. The molecule has 34 heavy (non-hydrogen) atoms. The first-order chi connectivity index (χ1) is 16.2. The molecule has 1 saturated heterocycles. The number of nitrogens with zero attached hydrogens (tertiary/aromatic N) is 5. The number of likely N-dealkylation sites (tertiary alicyclic amines) is 1. The van der Waals surface area contributed by atoms with Gasteiger partial charge in [-0.3, -0.25) is 9.78 Å². The number of alkyl halides is 3. The Morgan fingerprint density at radius 2 is 1.88 bits per heavy atom. The number of hydrogen-bond donors (Lipinski definition) is 0. The summed E-state index contributed by atoms with van der Waals surface area (Å²) in [6.45, 7) is 0.375. The summed E-state index contributed by atoms with van der Waals surface area (Å²) in [7, 11) is 0. The van der Waals surface area contributed by atoms with E-state index in [2.05, 4.69) is 21.0 Å². The van der Waals surface area contributed by atoms with Crippen LogP contribution in [0.4, 0.5) is 17.6 Å². The summed E-state index contributed by atoms with van der Waals surface area (Å²) in [5.74, 6) is -1.29. The van der Waals surface area contributed by atoms with Crippen LogP contribution in [0.3, 0.4) is 0 Å². The zero-order valence-corrected chi connectivity index (χ0v) is 17.9. The van der Waals surface area contributed by atoms with Crippen LogP contribution < -0.4 is 0 Å². The lowest BCUT2D eigenvalue weighted by Gasteiger charge is -2.38. The molecule has 0 aliphatic carbocycles. The van der Waals surface area contributed by atoms with Crippen LogP contribution in [0.5, 0.6) is 0 Å². The Morgan fingerprint density at radius 1 is 1.12 bits per heavy atom. The molecule has 1 aromatic carbocycles. The van der Waals surface area contributed by atoms with Crippen LogP contribution in [0.2, 0.25) is 0 Å². The van der Waals surface area contributed by atoms with Gasteiger partial charge in [-0.1, -0.05) is 6.07 Å². The van der Waals surface area contributed by atoms with Crippen LogP contribution in [0, 0.1) is 22.6 Å². The highest BCUT2D eigenvalue weighted by Crippen LogP contribution is 2.40. The largest absolute Gasteiger partial charge is 0.416 e. The number of pyridine rings is 1. The molecule has 1 fully saturated rings. The van der Waals surface area contributed by atoms with Crippen LogP contribution in [-0.4, -0.2) is 38.8 Å². The minimum atomic E-state index is -4.73. The van der Waals surface area contributed by atoms with Crippen molar-refractivity contribution in [3.05, 3.63) is 77.6 Å². The fourth-order valence-corrected chi connectivity index (χ4v) is 4.18. The molecule has 6 nitrogen and oxygen atoms in total. The van der Waals surface area contributed by atoms with Gasteiger partial charge in [-0.15, -0.1) is 0 Å². The molecule has 174 valence electrons. The van der Waals surface area contributed by atoms with Crippen LogP contribution >= 0.6 is 0 Å². The molecule has 0 radical (unpaired) electrons. The fraction of sp³-hybridized carbons (Fsp3) is 0.292. The van der Waals surface area contributed by atoms with Crippen molar-refractivity contribution in [2.24, 2.45) is 5.41 Å². The Hall–Kier alpha value is -3.87. The van der Waals surface area contributed by atoms with Crippen molar-refractivity contribution in [2.45, 2.75) is 25.4 Å². The van der Waals surface area contributed by atoms with E-state index < -0.39 is 23.0 Å². The van der Waals surface area contributed by atoms with Gasteiger partial charge in [0, 0.05) is 25.5 Å². The Bertz CT molecular complexity index is 1230. The van der Waals surface area contributed by atoms with E-state index in [1.54, 1.807) is 29.3 Å². The lowest BCUT2D eigenvalue weighted by Crippen LogP contribution is -2.44. The second-order valence-corrected chi connectivity index (χ2v) is 8.15.